The molecule has 0 spiro atoms. The summed E-state index contributed by atoms with van der Waals surface area (Å²) in [4.78, 5) is 22.5. The van der Waals surface area contributed by atoms with Gasteiger partial charge >= 0.3 is 0 Å². The SMILES string of the molecule is CC(C)CC(=O)NCC#CCOc1ccccc1C(N)=O. The molecular formula is C16H20N2O3. The van der Waals surface area contributed by atoms with Crippen molar-refractivity contribution in [1.82, 2.24) is 5.32 Å². The maximum atomic E-state index is 11.4. The number of nitrogens with two attached hydrogens (primary N) is 1. The summed E-state index contributed by atoms with van der Waals surface area (Å²) in [5.74, 6) is 5.73. The van der Waals surface area contributed by atoms with Gasteiger partial charge < -0.3 is 15.8 Å². The quantitative estimate of drug-likeness (QED) is 0.775. The molecule has 0 aliphatic heterocycles. The first-order chi connectivity index (χ1) is 10.0. The Labute approximate surface area is 124 Å². The molecule has 5 nitrogen and oxygen atoms in total. The highest BCUT2D eigenvalue weighted by Crippen LogP contribution is 2.16. The Kier molecular flexibility index (Phi) is 6.82. The van der Waals surface area contributed by atoms with E-state index in [1.54, 1.807) is 24.3 Å². The second-order valence-electron chi connectivity index (χ2n) is 4.88. The van der Waals surface area contributed by atoms with Crippen molar-refractivity contribution in [1.29, 1.82) is 0 Å². The van der Waals surface area contributed by atoms with Gasteiger partial charge in [-0.1, -0.05) is 37.8 Å². The normalized spacial score (nSPS) is 9.67. The molecule has 0 fully saturated rings. The van der Waals surface area contributed by atoms with Gasteiger partial charge in [0.25, 0.3) is 5.91 Å². The fourth-order valence-electron chi connectivity index (χ4n) is 1.61. The van der Waals surface area contributed by atoms with Crippen LogP contribution >= 0.6 is 0 Å². The maximum absolute atomic E-state index is 11.4. The maximum Gasteiger partial charge on any atom is 0.252 e. The highest BCUT2D eigenvalue weighted by molar-refractivity contribution is 5.95. The lowest BCUT2D eigenvalue weighted by Crippen LogP contribution is -2.24. The fraction of sp³-hybridized carbons (Fsp3) is 0.375. The van der Waals surface area contributed by atoms with E-state index in [2.05, 4.69) is 17.2 Å². The highest BCUT2D eigenvalue weighted by Gasteiger charge is 2.07. The molecule has 0 saturated carbocycles. The second kappa shape index (κ2) is 8.64. The van der Waals surface area contributed by atoms with Crippen LogP contribution in [-0.4, -0.2) is 25.0 Å². The standard InChI is InChI=1S/C16H20N2O3/c1-12(2)11-15(19)18-9-5-6-10-21-14-8-4-3-7-13(14)16(17)20/h3-4,7-8,12H,9-11H2,1-2H3,(H2,17,20)(H,18,19). The molecular weight excluding hydrogens is 268 g/mol. The lowest BCUT2D eigenvalue weighted by molar-refractivity contribution is -0.121. The van der Waals surface area contributed by atoms with Crippen molar-refractivity contribution in [2.75, 3.05) is 13.2 Å². The minimum absolute atomic E-state index is 0.0145. The third-order valence-electron chi connectivity index (χ3n) is 2.54. The number of carbonyl (C=O) groups excluding carboxylic acids is 2. The number of para-hydroxylation sites is 1. The van der Waals surface area contributed by atoms with Crippen molar-refractivity contribution in [3.63, 3.8) is 0 Å². The van der Waals surface area contributed by atoms with Crippen LogP contribution in [0.2, 0.25) is 0 Å². The Bertz CT molecular complexity index is 556. The molecule has 1 rings (SSSR count). The first-order valence-electron chi connectivity index (χ1n) is 6.74. The first-order valence-corrected chi connectivity index (χ1v) is 6.74. The van der Waals surface area contributed by atoms with Crippen LogP contribution in [0.3, 0.4) is 0 Å². The van der Waals surface area contributed by atoms with Gasteiger partial charge in [0.1, 0.15) is 12.4 Å². The van der Waals surface area contributed by atoms with E-state index in [1.807, 2.05) is 13.8 Å². The minimum Gasteiger partial charge on any atom is -0.480 e. The Morgan fingerprint density at radius 3 is 2.67 bits per heavy atom. The fourth-order valence-corrected chi connectivity index (χ4v) is 1.61. The highest BCUT2D eigenvalue weighted by atomic mass is 16.5. The van der Waals surface area contributed by atoms with Gasteiger partial charge in [0, 0.05) is 6.42 Å². The molecule has 0 aliphatic carbocycles. The molecule has 0 atom stereocenters. The van der Waals surface area contributed by atoms with Gasteiger partial charge in [-0.05, 0) is 18.1 Å². The van der Waals surface area contributed by atoms with Gasteiger partial charge in [0.15, 0.2) is 0 Å². The number of hydrogen-bond donors (Lipinski definition) is 2. The van der Waals surface area contributed by atoms with Crippen LogP contribution in [0.5, 0.6) is 5.75 Å². The van der Waals surface area contributed by atoms with E-state index < -0.39 is 5.91 Å². The van der Waals surface area contributed by atoms with Gasteiger partial charge in [-0.15, -0.1) is 0 Å². The first kappa shape index (κ1) is 16.6. The molecule has 1 aromatic rings. The number of amides is 2. The zero-order chi connectivity index (χ0) is 15.7. The summed E-state index contributed by atoms with van der Waals surface area (Å²) >= 11 is 0. The molecule has 0 heterocycles. The van der Waals surface area contributed by atoms with E-state index in [0.29, 0.717) is 23.7 Å². The number of rotatable bonds is 6. The summed E-state index contributed by atoms with van der Waals surface area (Å²) in [5.41, 5.74) is 5.56. The van der Waals surface area contributed by atoms with E-state index in [1.165, 1.54) is 0 Å². The zero-order valence-corrected chi connectivity index (χ0v) is 12.3. The van der Waals surface area contributed by atoms with Crippen LogP contribution in [0.4, 0.5) is 0 Å². The van der Waals surface area contributed by atoms with Crippen LogP contribution in [0.1, 0.15) is 30.6 Å². The van der Waals surface area contributed by atoms with E-state index in [4.69, 9.17) is 10.5 Å². The Balaban J connectivity index is 2.37. The van der Waals surface area contributed by atoms with Gasteiger partial charge in [0.05, 0.1) is 12.1 Å². The van der Waals surface area contributed by atoms with Gasteiger partial charge in [-0.25, -0.2) is 0 Å². The van der Waals surface area contributed by atoms with Crippen molar-refractivity contribution in [2.45, 2.75) is 20.3 Å². The molecule has 1 aromatic carbocycles. The number of benzene rings is 1. The summed E-state index contributed by atoms with van der Waals surface area (Å²) in [6.07, 6.45) is 0.490. The van der Waals surface area contributed by atoms with Crippen molar-refractivity contribution in [2.24, 2.45) is 11.7 Å². The topological polar surface area (TPSA) is 81.4 Å². The number of primary amides is 1. The Morgan fingerprint density at radius 2 is 2.00 bits per heavy atom. The summed E-state index contributed by atoms with van der Waals surface area (Å²) < 4.78 is 5.38. The van der Waals surface area contributed by atoms with Crippen molar-refractivity contribution in [3.05, 3.63) is 29.8 Å². The summed E-state index contributed by atoms with van der Waals surface area (Å²) in [6, 6.07) is 6.72. The third-order valence-corrected chi connectivity index (χ3v) is 2.54. The average Bonchev–Trinajstić information content (AvgIpc) is 2.42. The molecule has 112 valence electrons. The van der Waals surface area contributed by atoms with E-state index in [9.17, 15) is 9.59 Å². The lowest BCUT2D eigenvalue weighted by Gasteiger charge is -2.06. The van der Waals surface area contributed by atoms with Gasteiger partial charge in [-0.3, -0.25) is 9.59 Å². The number of ether oxygens (including phenoxy) is 1. The molecule has 0 bridgehead atoms. The average molecular weight is 288 g/mol. The number of nitrogens with one attached hydrogen (secondary N) is 1. The smallest absolute Gasteiger partial charge is 0.252 e. The van der Waals surface area contributed by atoms with E-state index in [0.717, 1.165) is 0 Å². The van der Waals surface area contributed by atoms with Crippen molar-refractivity contribution in [3.8, 4) is 17.6 Å². The zero-order valence-electron chi connectivity index (χ0n) is 12.3. The summed E-state index contributed by atoms with van der Waals surface area (Å²) in [7, 11) is 0. The molecule has 0 saturated heterocycles. The predicted octanol–water partition coefficient (Wildman–Crippen LogP) is 1.33. The van der Waals surface area contributed by atoms with Gasteiger partial charge in [-0.2, -0.15) is 0 Å². The summed E-state index contributed by atoms with van der Waals surface area (Å²) in [6.45, 7) is 4.38. The minimum atomic E-state index is -0.542. The number of hydrogen-bond acceptors (Lipinski definition) is 3. The number of carbonyl (C=O) groups is 2. The van der Waals surface area contributed by atoms with E-state index >= 15 is 0 Å². The lowest BCUT2D eigenvalue weighted by atomic mass is 10.1. The molecule has 0 unspecified atom stereocenters. The molecule has 0 aliphatic rings. The summed E-state index contributed by atoms with van der Waals surface area (Å²) in [5, 5.41) is 2.70. The Morgan fingerprint density at radius 1 is 1.29 bits per heavy atom. The van der Waals surface area contributed by atoms with Gasteiger partial charge in [0.2, 0.25) is 5.91 Å². The Hall–Kier alpha value is -2.48. The second-order valence-corrected chi connectivity index (χ2v) is 4.88. The van der Waals surface area contributed by atoms with E-state index in [-0.39, 0.29) is 19.1 Å². The van der Waals surface area contributed by atoms with Crippen molar-refractivity contribution >= 4 is 11.8 Å². The van der Waals surface area contributed by atoms with Crippen LogP contribution in [-0.2, 0) is 4.79 Å². The molecule has 0 aromatic heterocycles. The molecule has 3 N–H and O–H groups in total. The van der Waals surface area contributed by atoms with Crippen molar-refractivity contribution < 1.29 is 14.3 Å². The molecule has 5 heteroatoms. The molecule has 21 heavy (non-hydrogen) atoms. The third kappa shape index (κ3) is 6.48. The molecule has 0 radical (unpaired) electrons. The largest absolute Gasteiger partial charge is 0.480 e. The predicted molar refractivity (Wildman–Crippen MR) is 80.7 cm³/mol. The van der Waals surface area contributed by atoms with Crippen LogP contribution in [0.15, 0.2) is 24.3 Å². The van der Waals surface area contributed by atoms with Crippen LogP contribution in [0.25, 0.3) is 0 Å². The van der Waals surface area contributed by atoms with Crippen LogP contribution in [0, 0.1) is 17.8 Å². The monoisotopic (exact) mass is 288 g/mol. The molecule has 2 amide bonds. The van der Waals surface area contributed by atoms with Crippen LogP contribution < -0.4 is 15.8 Å².